The zero-order valence-corrected chi connectivity index (χ0v) is 17.1. The molecule has 1 atom stereocenters. The van der Waals surface area contributed by atoms with Gasteiger partial charge in [0.1, 0.15) is 17.2 Å². The van der Waals surface area contributed by atoms with Crippen LogP contribution in [0, 0.1) is 0 Å². The van der Waals surface area contributed by atoms with Crippen molar-refractivity contribution in [2.75, 3.05) is 46.0 Å². The number of rotatable bonds is 4. The number of hydrogen-bond acceptors (Lipinski definition) is 6. The van der Waals surface area contributed by atoms with E-state index in [9.17, 15) is 9.59 Å². The summed E-state index contributed by atoms with van der Waals surface area (Å²) in [6.07, 6.45) is 4.53. The van der Waals surface area contributed by atoms with Crippen LogP contribution in [0.5, 0.6) is 5.88 Å². The molecule has 0 radical (unpaired) electrons. The lowest BCUT2D eigenvalue weighted by molar-refractivity contribution is -0.142. The van der Waals surface area contributed by atoms with Crippen LogP contribution in [-0.4, -0.2) is 84.8 Å². The molecule has 4 heterocycles. The van der Waals surface area contributed by atoms with Crippen molar-refractivity contribution in [2.24, 2.45) is 0 Å². The number of hydrogen-bond donors (Lipinski definition) is 0. The van der Waals surface area contributed by atoms with E-state index in [2.05, 4.69) is 4.98 Å². The first-order chi connectivity index (χ1) is 14.1. The van der Waals surface area contributed by atoms with Gasteiger partial charge in [-0.05, 0) is 18.9 Å². The minimum atomic E-state index is -0.316. The van der Waals surface area contributed by atoms with Gasteiger partial charge in [0.15, 0.2) is 0 Å². The Bertz CT molecular complexity index is 742. The Morgan fingerprint density at radius 1 is 1.07 bits per heavy atom. The molecular weight excluding hydrogens is 398 g/mol. The van der Waals surface area contributed by atoms with Gasteiger partial charge in [-0.1, -0.05) is 11.6 Å². The van der Waals surface area contributed by atoms with E-state index in [1.54, 1.807) is 15.9 Å². The van der Waals surface area contributed by atoms with E-state index < -0.39 is 0 Å². The van der Waals surface area contributed by atoms with Crippen molar-refractivity contribution in [3.8, 4) is 5.88 Å². The molecule has 1 unspecified atom stereocenters. The maximum Gasteiger partial charge on any atom is 0.255 e. The summed E-state index contributed by atoms with van der Waals surface area (Å²) in [5.74, 6) is 0.247. The van der Waals surface area contributed by atoms with Gasteiger partial charge in [-0.3, -0.25) is 9.59 Å². The summed E-state index contributed by atoms with van der Waals surface area (Å²) in [5, 5.41) is 0.328. The fourth-order valence-electron chi connectivity index (χ4n) is 3.87. The van der Waals surface area contributed by atoms with Gasteiger partial charge in [0.2, 0.25) is 5.88 Å². The molecule has 1 aromatic heterocycles. The van der Waals surface area contributed by atoms with Crippen molar-refractivity contribution in [1.82, 2.24) is 14.8 Å². The van der Waals surface area contributed by atoms with Crippen LogP contribution in [0.2, 0.25) is 5.02 Å². The Kier molecular flexibility index (Phi) is 6.52. The lowest BCUT2D eigenvalue weighted by Crippen LogP contribution is -2.52. The average molecular weight is 424 g/mol. The van der Waals surface area contributed by atoms with Crippen LogP contribution in [0.15, 0.2) is 12.3 Å². The fourth-order valence-corrected chi connectivity index (χ4v) is 4.08. The first-order valence-corrected chi connectivity index (χ1v) is 10.6. The molecule has 3 saturated heterocycles. The van der Waals surface area contributed by atoms with Gasteiger partial charge in [-0.25, -0.2) is 4.98 Å². The van der Waals surface area contributed by atoms with E-state index in [4.69, 9.17) is 25.8 Å². The second-order valence-electron chi connectivity index (χ2n) is 7.56. The molecule has 0 saturated carbocycles. The molecule has 2 amide bonds. The first kappa shape index (κ1) is 20.4. The number of aromatic nitrogens is 1. The SMILES string of the molecule is O=C(c1cnc(OC2CCOCC2)c(Cl)c1)N1CCN(C(=O)C2CCCO2)CC1. The molecule has 4 rings (SSSR count). The average Bonchev–Trinajstić information content (AvgIpc) is 3.30. The Balaban J connectivity index is 1.32. The minimum absolute atomic E-state index is 0.0322. The number of piperazine rings is 1. The van der Waals surface area contributed by atoms with Crippen LogP contribution in [-0.2, 0) is 14.3 Å². The Hall–Kier alpha value is -1.90. The first-order valence-electron chi connectivity index (χ1n) is 10.2. The molecule has 8 nitrogen and oxygen atoms in total. The van der Waals surface area contributed by atoms with Crippen LogP contribution in [0.25, 0.3) is 0 Å². The van der Waals surface area contributed by atoms with Crippen LogP contribution in [0.1, 0.15) is 36.0 Å². The molecule has 158 valence electrons. The number of nitrogens with zero attached hydrogens (tertiary/aromatic N) is 3. The van der Waals surface area contributed by atoms with Crippen LogP contribution < -0.4 is 4.74 Å². The van der Waals surface area contributed by atoms with E-state index in [0.29, 0.717) is 62.5 Å². The third-order valence-corrected chi connectivity index (χ3v) is 5.86. The molecule has 3 aliphatic rings. The van der Waals surface area contributed by atoms with Crippen molar-refractivity contribution in [3.05, 3.63) is 22.8 Å². The molecule has 0 bridgehead atoms. The number of ether oxygens (including phenoxy) is 3. The van der Waals surface area contributed by atoms with Crippen molar-refractivity contribution >= 4 is 23.4 Å². The smallest absolute Gasteiger partial charge is 0.255 e. The molecule has 0 spiro atoms. The maximum atomic E-state index is 12.8. The van der Waals surface area contributed by atoms with Crippen LogP contribution >= 0.6 is 11.6 Å². The van der Waals surface area contributed by atoms with E-state index in [0.717, 1.165) is 25.7 Å². The van der Waals surface area contributed by atoms with Crippen molar-refractivity contribution in [2.45, 2.75) is 37.9 Å². The third-order valence-electron chi connectivity index (χ3n) is 5.58. The molecule has 0 N–H and O–H groups in total. The van der Waals surface area contributed by atoms with E-state index in [-0.39, 0.29) is 24.0 Å². The third kappa shape index (κ3) is 4.82. The molecule has 9 heteroatoms. The minimum Gasteiger partial charge on any atom is -0.473 e. The summed E-state index contributed by atoms with van der Waals surface area (Å²) in [7, 11) is 0. The lowest BCUT2D eigenvalue weighted by atomic mass is 10.1. The Labute approximate surface area is 175 Å². The highest BCUT2D eigenvalue weighted by Crippen LogP contribution is 2.26. The second kappa shape index (κ2) is 9.28. The van der Waals surface area contributed by atoms with E-state index in [1.807, 2.05) is 0 Å². The van der Waals surface area contributed by atoms with Gasteiger partial charge < -0.3 is 24.0 Å². The number of amides is 2. The second-order valence-corrected chi connectivity index (χ2v) is 7.97. The van der Waals surface area contributed by atoms with Crippen molar-refractivity contribution in [1.29, 1.82) is 0 Å². The fraction of sp³-hybridized carbons (Fsp3) is 0.650. The monoisotopic (exact) mass is 423 g/mol. The molecule has 3 aliphatic heterocycles. The standard InChI is InChI=1S/C20H26ClN3O5/c21-16-12-14(13-22-18(16)29-15-3-10-27-11-4-15)19(25)23-5-7-24(8-6-23)20(26)17-2-1-9-28-17/h12-13,15,17H,1-11H2. The summed E-state index contributed by atoms with van der Waals surface area (Å²) in [6, 6.07) is 1.61. The molecular formula is C20H26ClN3O5. The van der Waals surface area contributed by atoms with E-state index in [1.165, 1.54) is 6.20 Å². The van der Waals surface area contributed by atoms with Gasteiger partial charge in [0, 0.05) is 51.8 Å². The summed E-state index contributed by atoms with van der Waals surface area (Å²) in [5.41, 5.74) is 0.424. The van der Waals surface area contributed by atoms with Gasteiger partial charge in [-0.15, -0.1) is 0 Å². The highest BCUT2D eigenvalue weighted by molar-refractivity contribution is 6.32. The van der Waals surface area contributed by atoms with Gasteiger partial charge in [0.05, 0.1) is 18.8 Å². The summed E-state index contributed by atoms with van der Waals surface area (Å²) in [6.45, 7) is 3.97. The molecule has 29 heavy (non-hydrogen) atoms. The van der Waals surface area contributed by atoms with Crippen molar-refractivity contribution < 1.29 is 23.8 Å². The number of pyridine rings is 1. The topological polar surface area (TPSA) is 81.2 Å². The van der Waals surface area contributed by atoms with Gasteiger partial charge in [0.25, 0.3) is 11.8 Å². The highest BCUT2D eigenvalue weighted by Gasteiger charge is 2.31. The number of carbonyl (C=O) groups excluding carboxylic acids is 2. The Morgan fingerprint density at radius 3 is 2.45 bits per heavy atom. The van der Waals surface area contributed by atoms with Crippen molar-refractivity contribution in [3.63, 3.8) is 0 Å². The summed E-state index contributed by atoms with van der Waals surface area (Å²) >= 11 is 6.31. The molecule has 1 aromatic rings. The predicted molar refractivity (Wildman–Crippen MR) is 105 cm³/mol. The summed E-state index contributed by atoms with van der Waals surface area (Å²) in [4.78, 5) is 33.0. The van der Waals surface area contributed by atoms with Crippen LogP contribution in [0.4, 0.5) is 0 Å². The highest BCUT2D eigenvalue weighted by atomic mass is 35.5. The normalized spacial score (nSPS) is 23.3. The Morgan fingerprint density at radius 2 is 1.79 bits per heavy atom. The predicted octanol–water partition coefficient (Wildman–Crippen LogP) is 1.76. The molecule has 0 aliphatic carbocycles. The number of halogens is 1. The molecule has 0 aromatic carbocycles. The zero-order valence-electron chi connectivity index (χ0n) is 16.3. The quantitative estimate of drug-likeness (QED) is 0.734. The van der Waals surface area contributed by atoms with E-state index >= 15 is 0 Å². The van der Waals surface area contributed by atoms with Gasteiger partial charge >= 0.3 is 0 Å². The number of carbonyl (C=O) groups is 2. The maximum absolute atomic E-state index is 12.8. The molecule has 3 fully saturated rings. The summed E-state index contributed by atoms with van der Waals surface area (Å²) < 4.78 is 16.6. The zero-order chi connectivity index (χ0) is 20.2. The lowest BCUT2D eigenvalue weighted by Gasteiger charge is -2.35. The van der Waals surface area contributed by atoms with Gasteiger partial charge in [-0.2, -0.15) is 0 Å². The largest absolute Gasteiger partial charge is 0.473 e. The van der Waals surface area contributed by atoms with Crippen LogP contribution in [0.3, 0.4) is 0 Å².